The lowest BCUT2D eigenvalue weighted by Crippen LogP contribution is -2.48. The van der Waals surface area contributed by atoms with Crippen molar-refractivity contribution in [2.75, 3.05) is 11.4 Å². The van der Waals surface area contributed by atoms with E-state index < -0.39 is 0 Å². The molecule has 4 saturated carbocycles. The highest BCUT2D eigenvalue weighted by atomic mass is 35.5. The van der Waals surface area contributed by atoms with Crippen LogP contribution in [0.2, 0.25) is 5.02 Å². The SMILES string of the molecule is CCCN1c2cc(Cl)c(C=Nc3ccc(C45CC6CC(CC(C6)C4)C5)cc3)cc2C(C)CC1(C)C. The van der Waals surface area contributed by atoms with E-state index in [-0.39, 0.29) is 5.54 Å². The molecule has 2 aromatic rings. The molecule has 186 valence electrons. The van der Waals surface area contributed by atoms with Crippen LogP contribution in [0, 0.1) is 17.8 Å². The van der Waals surface area contributed by atoms with E-state index in [1.54, 1.807) is 5.56 Å². The van der Waals surface area contributed by atoms with E-state index in [0.717, 1.165) is 53.4 Å². The molecule has 4 bridgehead atoms. The fraction of sp³-hybridized carbons (Fsp3) is 0.594. The first kappa shape index (κ1) is 23.6. The van der Waals surface area contributed by atoms with Crippen molar-refractivity contribution in [3.63, 3.8) is 0 Å². The summed E-state index contributed by atoms with van der Waals surface area (Å²) in [5.41, 5.74) is 6.92. The Morgan fingerprint density at radius 1 is 0.971 bits per heavy atom. The lowest BCUT2D eigenvalue weighted by atomic mass is 9.48. The first-order valence-corrected chi connectivity index (χ1v) is 14.4. The maximum atomic E-state index is 6.82. The zero-order valence-corrected chi connectivity index (χ0v) is 22.7. The molecule has 0 N–H and O–H groups in total. The van der Waals surface area contributed by atoms with Gasteiger partial charge in [-0.05, 0) is 130 Å². The quantitative estimate of drug-likeness (QED) is 0.383. The molecule has 7 rings (SSSR count). The van der Waals surface area contributed by atoms with E-state index in [9.17, 15) is 0 Å². The Morgan fingerprint density at radius 2 is 1.60 bits per heavy atom. The van der Waals surface area contributed by atoms with Crippen molar-refractivity contribution < 1.29 is 0 Å². The second-order valence-electron chi connectivity index (χ2n) is 13.0. The van der Waals surface area contributed by atoms with Crippen LogP contribution in [-0.4, -0.2) is 18.3 Å². The summed E-state index contributed by atoms with van der Waals surface area (Å²) in [6, 6.07) is 13.7. The van der Waals surface area contributed by atoms with Gasteiger partial charge in [0.2, 0.25) is 0 Å². The third-order valence-corrected chi connectivity index (χ3v) is 10.1. The molecule has 0 amide bonds. The highest BCUT2D eigenvalue weighted by Gasteiger charge is 2.51. The summed E-state index contributed by atoms with van der Waals surface area (Å²) in [7, 11) is 0. The molecule has 0 radical (unpaired) electrons. The summed E-state index contributed by atoms with van der Waals surface area (Å²) >= 11 is 6.82. The number of halogens is 1. The average molecular weight is 489 g/mol. The molecule has 1 atom stereocenters. The first-order valence-electron chi connectivity index (χ1n) is 14.0. The van der Waals surface area contributed by atoms with Gasteiger partial charge in [0.05, 0.1) is 10.7 Å². The van der Waals surface area contributed by atoms with Crippen LogP contribution in [0.15, 0.2) is 41.4 Å². The summed E-state index contributed by atoms with van der Waals surface area (Å²) in [6.45, 7) is 10.4. The molecule has 5 aliphatic rings. The van der Waals surface area contributed by atoms with Crippen molar-refractivity contribution in [2.24, 2.45) is 22.7 Å². The molecular weight excluding hydrogens is 448 g/mol. The van der Waals surface area contributed by atoms with Gasteiger partial charge in [-0.15, -0.1) is 0 Å². The molecule has 2 aromatic carbocycles. The van der Waals surface area contributed by atoms with Crippen LogP contribution in [0.25, 0.3) is 0 Å². The maximum absolute atomic E-state index is 6.82. The minimum Gasteiger partial charge on any atom is -0.366 e. The van der Waals surface area contributed by atoms with Gasteiger partial charge in [0.1, 0.15) is 0 Å². The second kappa shape index (κ2) is 8.65. The van der Waals surface area contributed by atoms with Gasteiger partial charge in [-0.25, -0.2) is 0 Å². The minimum atomic E-state index is 0.153. The molecule has 1 heterocycles. The molecule has 4 fully saturated rings. The van der Waals surface area contributed by atoms with E-state index in [4.69, 9.17) is 16.6 Å². The van der Waals surface area contributed by atoms with Crippen LogP contribution in [-0.2, 0) is 5.41 Å². The zero-order valence-electron chi connectivity index (χ0n) is 22.0. The molecule has 2 nitrogen and oxygen atoms in total. The Morgan fingerprint density at radius 3 is 2.20 bits per heavy atom. The Labute approximate surface area is 217 Å². The van der Waals surface area contributed by atoms with Crippen molar-refractivity contribution >= 4 is 29.2 Å². The molecule has 0 spiro atoms. The highest BCUT2D eigenvalue weighted by molar-refractivity contribution is 6.33. The molecule has 0 saturated heterocycles. The molecular formula is C32H41ClN2. The van der Waals surface area contributed by atoms with E-state index in [2.05, 4.69) is 69.0 Å². The summed E-state index contributed by atoms with van der Waals surface area (Å²) in [5.74, 6) is 3.45. The van der Waals surface area contributed by atoms with Crippen LogP contribution in [0.1, 0.15) is 102 Å². The number of benzene rings is 2. The Balaban J connectivity index is 1.24. The first-order chi connectivity index (χ1) is 16.8. The monoisotopic (exact) mass is 488 g/mol. The van der Waals surface area contributed by atoms with Crippen molar-refractivity contribution in [3.8, 4) is 0 Å². The summed E-state index contributed by atoms with van der Waals surface area (Å²) in [6.07, 6.45) is 13.0. The number of aliphatic imine (C=N–C) groups is 1. The van der Waals surface area contributed by atoms with Crippen molar-refractivity contribution in [1.82, 2.24) is 0 Å². The summed E-state index contributed by atoms with van der Waals surface area (Å²) in [5, 5.41) is 0.795. The van der Waals surface area contributed by atoms with Crippen molar-refractivity contribution in [1.29, 1.82) is 0 Å². The second-order valence-corrected chi connectivity index (χ2v) is 13.4. The highest BCUT2D eigenvalue weighted by Crippen LogP contribution is 2.60. The molecule has 3 heteroatoms. The molecule has 0 aromatic heterocycles. The van der Waals surface area contributed by atoms with E-state index >= 15 is 0 Å². The van der Waals surface area contributed by atoms with Crippen LogP contribution >= 0.6 is 11.6 Å². The van der Waals surface area contributed by atoms with Gasteiger partial charge in [0, 0.05) is 29.5 Å². The van der Waals surface area contributed by atoms with Crippen molar-refractivity contribution in [3.05, 3.63) is 58.1 Å². The van der Waals surface area contributed by atoms with E-state index in [1.165, 1.54) is 49.8 Å². The van der Waals surface area contributed by atoms with Gasteiger partial charge in [0.15, 0.2) is 0 Å². The normalized spacial score (nSPS) is 32.9. The Bertz CT molecular complexity index is 1090. The predicted octanol–water partition coefficient (Wildman–Crippen LogP) is 9.06. The molecule has 1 unspecified atom stereocenters. The van der Waals surface area contributed by atoms with Gasteiger partial charge in [-0.1, -0.05) is 37.6 Å². The van der Waals surface area contributed by atoms with E-state index in [1.807, 2.05) is 6.21 Å². The average Bonchev–Trinajstić information content (AvgIpc) is 2.80. The number of anilines is 1. The lowest BCUT2D eigenvalue weighted by Gasteiger charge is -2.57. The van der Waals surface area contributed by atoms with Crippen LogP contribution in [0.3, 0.4) is 0 Å². The van der Waals surface area contributed by atoms with Gasteiger partial charge < -0.3 is 4.90 Å². The summed E-state index contributed by atoms with van der Waals surface area (Å²) < 4.78 is 0. The predicted molar refractivity (Wildman–Crippen MR) is 150 cm³/mol. The standard InChI is InChI=1S/C32H41ClN2/c1-5-10-35-30-15-29(33)25(14-28(30)21(2)16-31(35,3)4)20-34-27-8-6-26(7-9-27)32-17-22-11-23(18-32)13-24(12-22)19-32/h6-9,14-15,20-24H,5,10-13,16-19H2,1-4H3. The number of hydrogen-bond donors (Lipinski definition) is 0. The van der Waals surface area contributed by atoms with Gasteiger partial charge in [-0.3, -0.25) is 4.99 Å². The third kappa shape index (κ3) is 4.14. The number of fused-ring (bicyclic) bond motifs is 1. The fourth-order valence-corrected chi connectivity index (χ4v) is 8.98. The van der Waals surface area contributed by atoms with E-state index in [0.29, 0.717) is 11.3 Å². The lowest BCUT2D eigenvalue weighted by molar-refractivity contribution is -0.00518. The number of nitrogens with zero attached hydrogens (tertiary/aromatic N) is 2. The maximum Gasteiger partial charge on any atom is 0.0630 e. The molecule has 1 aliphatic heterocycles. The van der Waals surface area contributed by atoms with Gasteiger partial charge >= 0.3 is 0 Å². The van der Waals surface area contributed by atoms with Crippen molar-refractivity contribution in [2.45, 2.75) is 95.9 Å². The largest absolute Gasteiger partial charge is 0.366 e. The molecule has 35 heavy (non-hydrogen) atoms. The molecule has 4 aliphatic carbocycles. The smallest absolute Gasteiger partial charge is 0.0630 e. The fourth-order valence-electron chi connectivity index (χ4n) is 8.78. The minimum absolute atomic E-state index is 0.153. The number of hydrogen-bond acceptors (Lipinski definition) is 2. The number of rotatable bonds is 5. The Kier molecular flexibility index (Phi) is 5.83. The van der Waals surface area contributed by atoms with Gasteiger partial charge in [-0.2, -0.15) is 0 Å². The van der Waals surface area contributed by atoms with Gasteiger partial charge in [0.25, 0.3) is 0 Å². The third-order valence-electron chi connectivity index (χ3n) is 9.82. The Hall–Kier alpha value is -1.80. The van der Waals surface area contributed by atoms with Crippen LogP contribution in [0.4, 0.5) is 11.4 Å². The topological polar surface area (TPSA) is 15.6 Å². The van der Waals surface area contributed by atoms with Crippen LogP contribution in [0.5, 0.6) is 0 Å². The zero-order chi connectivity index (χ0) is 24.4. The van der Waals surface area contributed by atoms with Crippen LogP contribution < -0.4 is 4.90 Å². The summed E-state index contributed by atoms with van der Waals surface area (Å²) in [4.78, 5) is 7.41.